The Balaban J connectivity index is 2.82. The van der Waals surface area contributed by atoms with Crippen LogP contribution in [-0.2, 0) is 0 Å². The first-order valence-corrected chi connectivity index (χ1v) is 3.46. The van der Waals surface area contributed by atoms with Crippen LogP contribution in [0.3, 0.4) is 0 Å². The lowest BCUT2D eigenvalue weighted by Gasteiger charge is -1.93. The summed E-state index contributed by atoms with van der Waals surface area (Å²) in [5.41, 5.74) is 5.26. The first kappa shape index (κ1) is 7.89. The van der Waals surface area contributed by atoms with Crippen LogP contribution >= 0.6 is 12.2 Å². The van der Waals surface area contributed by atoms with Gasteiger partial charge in [-0.05, 0) is 12.8 Å². The Hall–Kier alpha value is -0.110. The van der Waals surface area contributed by atoms with E-state index in [9.17, 15) is 0 Å². The summed E-state index contributed by atoms with van der Waals surface area (Å²) in [6, 6.07) is 0. The van der Waals surface area contributed by atoms with Gasteiger partial charge in [0.05, 0.1) is 4.99 Å². The largest absolute Gasteiger partial charge is 0.393 e. The van der Waals surface area contributed by atoms with Gasteiger partial charge in [-0.2, -0.15) is 0 Å². The molecule has 0 aliphatic rings. The zero-order chi connectivity index (χ0) is 6.41. The van der Waals surface area contributed by atoms with Crippen molar-refractivity contribution in [1.29, 1.82) is 0 Å². The highest BCUT2D eigenvalue weighted by atomic mass is 32.1. The molecule has 0 saturated carbocycles. The van der Waals surface area contributed by atoms with Crippen LogP contribution in [0.4, 0.5) is 0 Å². The predicted octanol–water partition coefficient (Wildman–Crippen LogP) is 1.85. The lowest BCUT2D eigenvalue weighted by Crippen LogP contribution is -2.06. The molecule has 0 aromatic heterocycles. The molecular formula is C6H13NS. The normalized spacial score (nSPS) is 9.12. The minimum Gasteiger partial charge on any atom is -0.393 e. The van der Waals surface area contributed by atoms with E-state index in [0.29, 0.717) is 4.99 Å². The third-order valence-electron chi connectivity index (χ3n) is 1.03. The molecule has 0 aliphatic heterocycles. The standard InChI is InChI=1S/C6H13NS/c1-2-3-4-5-6(7)8/h2-5H2,1H3,(H2,7,8). The average Bonchev–Trinajstić information content (AvgIpc) is 1.66. The van der Waals surface area contributed by atoms with Crippen molar-refractivity contribution in [2.45, 2.75) is 32.6 Å². The Morgan fingerprint density at radius 1 is 1.50 bits per heavy atom. The van der Waals surface area contributed by atoms with Crippen LogP contribution in [0, 0.1) is 0 Å². The van der Waals surface area contributed by atoms with E-state index in [1.54, 1.807) is 0 Å². The molecule has 0 radical (unpaired) electrons. The Morgan fingerprint density at radius 2 is 2.12 bits per heavy atom. The Labute approximate surface area is 56.3 Å². The summed E-state index contributed by atoms with van der Waals surface area (Å²) in [4.78, 5) is 0.651. The number of hydrogen-bond donors (Lipinski definition) is 1. The number of thiocarbonyl (C=S) groups is 1. The summed E-state index contributed by atoms with van der Waals surface area (Å²) in [5, 5.41) is 0. The maximum atomic E-state index is 5.26. The number of nitrogens with two attached hydrogens (primary N) is 1. The second kappa shape index (κ2) is 5.04. The molecule has 0 saturated heterocycles. The molecule has 0 aromatic rings. The molecule has 0 bridgehead atoms. The van der Waals surface area contributed by atoms with Gasteiger partial charge in [0.25, 0.3) is 0 Å². The van der Waals surface area contributed by atoms with E-state index in [4.69, 9.17) is 5.73 Å². The topological polar surface area (TPSA) is 26.0 Å². The van der Waals surface area contributed by atoms with Gasteiger partial charge >= 0.3 is 0 Å². The van der Waals surface area contributed by atoms with Crippen LogP contribution in [-0.4, -0.2) is 4.99 Å². The lowest BCUT2D eigenvalue weighted by atomic mass is 10.2. The Kier molecular flexibility index (Phi) is 4.97. The third kappa shape index (κ3) is 5.89. The molecule has 0 fully saturated rings. The SMILES string of the molecule is CCCCCC(N)=S. The van der Waals surface area contributed by atoms with E-state index < -0.39 is 0 Å². The van der Waals surface area contributed by atoms with Crippen LogP contribution in [0.25, 0.3) is 0 Å². The van der Waals surface area contributed by atoms with Gasteiger partial charge in [0.2, 0.25) is 0 Å². The second-order valence-electron chi connectivity index (χ2n) is 1.92. The fourth-order valence-electron chi connectivity index (χ4n) is 0.549. The van der Waals surface area contributed by atoms with Crippen LogP contribution in [0.15, 0.2) is 0 Å². The van der Waals surface area contributed by atoms with E-state index in [0.717, 1.165) is 12.8 Å². The summed E-state index contributed by atoms with van der Waals surface area (Å²) in [6.45, 7) is 2.17. The monoisotopic (exact) mass is 131 g/mol. The highest BCUT2D eigenvalue weighted by Crippen LogP contribution is 1.97. The van der Waals surface area contributed by atoms with Crippen molar-refractivity contribution in [2.24, 2.45) is 5.73 Å². The van der Waals surface area contributed by atoms with Gasteiger partial charge in [0.1, 0.15) is 0 Å². The molecule has 0 unspecified atom stereocenters. The number of unbranched alkanes of at least 4 members (excludes halogenated alkanes) is 2. The molecule has 0 amide bonds. The molecule has 0 atom stereocenters. The fourth-order valence-corrected chi connectivity index (χ4v) is 0.694. The average molecular weight is 131 g/mol. The summed E-state index contributed by atoms with van der Waals surface area (Å²) in [6.07, 6.45) is 4.56. The van der Waals surface area contributed by atoms with Crippen LogP contribution in [0.5, 0.6) is 0 Å². The van der Waals surface area contributed by atoms with Gasteiger partial charge in [-0.1, -0.05) is 32.0 Å². The van der Waals surface area contributed by atoms with Crippen molar-refractivity contribution in [3.8, 4) is 0 Å². The van der Waals surface area contributed by atoms with Gasteiger partial charge in [0, 0.05) is 0 Å². The van der Waals surface area contributed by atoms with Gasteiger partial charge in [0.15, 0.2) is 0 Å². The molecule has 0 heterocycles. The van der Waals surface area contributed by atoms with Gasteiger partial charge in [-0.15, -0.1) is 0 Å². The molecular weight excluding hydrogens is 118 g/mol. The lowest BCUT2D eigenvalue weighted by molar-refractivity contribution is 0.743. The van der Waals surface area contributed by atoms with E-state index in [-0.39, 0.29) is 0 Å². The molecule has 0 spiro atoms. The van der Waals surface area contributed by atoms with Crippen LogP contribution in [0.1, 0.15) is 32.6 Å². The van der Waals surface area contributed by atoms with Crippen LogP contribution < -0.4 is 5.73 Å². The number of hydrogen-bond acceptors (Lipinski definition) is 1. The summed E-state index contributed by atoms with van der Waals surface area (Å²) in [5.74, 6) is 0. The smallest absolute Gasteiger partial charge is 0.0727 e. The minimum atomic E-state index is 0.651. The highest BCUT2D eigenvalue weighted by Gasteiger charge is 1.86. The van der Waals surface area contributed by atoms with Gasteiger partial charge < -0.3 is 5.73 Å². The molecule has 2 heteroatoms. The maximum absolute atomic E-state index is 5.26. The van der Waals surface area contributed by atoms with Crippen molar-refractivity contribution in [3.63, 3.8) is 0 Å². The molecule has 0 rings (SSSR count). The second-order valence-corrected chi connectivity index (χ2v) is 2.45. The third-order valence-corrected chi connectivity index (χ3v) is 1.23. The fraction of sp³-hybridized carbons (Fsp3) is 0.833. The molecule has 0 aromatic carbocycles. The van der Waals surface area contributed by atoms with Crippen molar-refractivity contribution in [2.75, 3.05) is 0 Å². The first-order chi connectivity index (χ1) is 3.77. The summed E-state index contributed by atoms with van der Waals surface area (Å²) < 4.78 is 0. The molecule has 1 nitrogen and oxygen atoms in total. The molecule has 48 valence electrons. The van der Waals surface area contributed by atoms with Crippen molar-refractivity contribution in [1.82, 2.24) is 0 Å². The molecule has 8 heavy (non-hydrogen) atoms. The van der Waals surface area contributed by atoms with Gasteiger partial charge in [-0.3, -0.25) is 0 Å². The highest BCUT2D eigenvalue weighted by molar-refractivity contribution is 7.80. The van der Waals surface area contributed by atoms with Gasteiger partial charge in [-0.25, -0.2) is 0 Å². The van der Waals surface area contributed by atoms with Crippen molar-refractivity contribution >= 4 is 17.2 Å². The zero-order valence-corrected chi connectivity index (χ0v) is 6.13. The molecule has 0 aliphatic carbocycles. The quantitative estimate of drug-likeness (QED) is 0.465. The Bertz CT molecular complexity index is 70.9. The van der Waals surface area contributed by atoms with Crippen molar-refractivity contribution in [3.05, 3.63) is 0 Å². The van der Waals surface area contributed by atoms with E-state index in [2.05, 4.69) is 19.1 Å². The van der Waals surface area contributed by atoms with E-state index >= 15 is 0 Å². The van der Waals surface area contributed by atoms with Crippen molar-refractivity contribution < 1.29 is 0 Å². The minimum absolute atomic E-state index is 0.651. The number of rotatable bonds is 4. The first-order valence-electron chi connectivity index (χ1n) is 3.05. The van der Waals surface area contributed by atoms with E-state index in [1.807, 2.05) is 0 Å². The summed E-state index contributed by atoms with van der Waals surface area (Å²) >= 11 is 4.69. The maximum Gasteiger partial charge on any atom is 0.0727 e. The molecule has 2 N–H and O–H groups in total. The summed E-state index contributed by atoms with van der Waals surface area (Å²) in [7, 11) is 0. The van der Waals surface area contributed by atoms with E-state index in [1.165, 1.54) is 12.8 Å². The van der Waals surface area contributed by atoms with Crippen LogP contribution in [0.2, 0.25) is 0 Å². The zero-order valence-electron chi connectivity index (χ0n) is 5.31. The predicted molar refractivity (Wildman–Crippen MR) is 40.9 cm³/mol. The Morgan fingerprint density at radius 3 is 2.50 bits per heavy atom.